The summed E-state index contributed by atoms with van der Waals surface area (Å²) in [6, 6.07) is 0.0437. The Morgan fingerprint density at radius 3 is 2.14 bits per heavy atom. The molecule has 2 nitrogen and oxygen atoms in total. The van der Waals surface area contributed by atoms with Gasteiger partial charge in [0.2, 0.25) is 0 Å². The highest BCUT2D eigenvalue weighted by Gasteiger charge is 2.16. The minimum Gasteiger partial charge on any atom is -0.307 e. The lowest BCUT2D eigenvalue weighted by Crippen LogP contribution is -2.40. The highest BCUT2D eigenvalue weighted by atomic mass is 16.1. The fourth-order valence-corrected chi connectivity index (χ4v) is 1.62. The molecule has 0 heterocycles. The molecule has 2 heteroatoms. The number of hydrogen-bond acceptors (Lipinski definition) is 2. The van der Waals surface area contributed by atoms with Crippen molar-refractivity contribution in [1.29, 1.82) is 0 Å². The largest absolute Gasteiger partial charge is 0.307 e. The smallest absolute Gasteiger partial charge is 0.146 e. The Kier molecular flexibility index (Phi) is 6.81. The molecule has 1 atom stereocenters. The average molecular weight is 199 g/mol. The van der Waals surface area contributed by atoms with Gasteiger partial charge in [-0.25, -0.2) is 0 Å². The number of ketones is 1. The van der Waals surface area contributed by atoms with E-state index in [1.165, 1.54) is 6.42 Å². The lowest BCUT2D eigenvalue weighted by Gasteiger charge is -2.19. The molecular formula is C12H25NO. The van der Waals surface area contributed by atoms with E-state index in [4.69, 9.17) is 0 Å². The predicted octanol–water partition coefficient (Wildman–Crippen LogP) is 2.63. The van der Waals surface area contributed by atoms with Crippen molar-refractivity contribution in [2.75, 3.05) is 6.54 Å². The molecule has 0 bridgehead atoms. The van der Waals surface area contributed by atoms with E-state index < -0.39 is 0 Å². The molecule has 0 aromatic carbocycles. The molecular weight excluding hydrogens is 174 g/mol. The summed E-state index contributed by atoms with van der Waals surface area (Å²) >= 11 is 0. The Balaban J connectivity index is 3.67. The number of hydrogen-bond donors (Lipinski definition) is 1. The van der Waals surface area contributed by atoms with E-state index in [0.717, 1.165) is 18.9 Å². The topological polar surface area (TPSA) is 29.1 Å². The highest BCUT2D eigenvalue weighted by Crippen LogP contribution is 2.05. The van der Waals surface area contributed by atoms with E-state index in [0.29, 0.717) is 5.92 Å². The second kappa shape index (κ2) is 6.99. The van der Waals surface area contributed by atoms with E-state index in [9.17, 15) is 4.79 Å². The Morgan fingerprint density at radius 2 is 1.79 bits per heavy atom. The third-order valence-electron chi connectivity index (χ3n) is 2.43. The zero-order valence-corrected chi connectivity index (χ0v) is 10.3. The molecule has 0 aromatic heterocycles. The summed E-state index contributed by atoms with van der Waals surface area (Å²) in [6.07, 6.45) is 2.39. The van der Waals surface area contributed by atoms with Crippen LogP contribution < -0.4 is 5.32 Å². The van der Waals surface area contributed by atoms with Crippen LogP contribution in [0.4, 0.5) is 0 Å². The van der Waals surface area contributed by atoms with Gasteiger partial charge < -0.3 is 5.32 Å². The van der Waals surface area contributed by atoms with Crippen molar-refractivity contribution in [3.63, 3.8) is 0 Å². The van der Waals surface area contributed by atoms with E-state index in [-0.39, 0.29) is 11.8 Å². The molecule has 1 unspecified atom stereocenters. The Labute approximate surface area is 88.5 Å². The third-order valence-corrected chi connectivity index (χ3v) is 2.43. The van der Waals surface area contributed by atoms with Crippen LogP contribution in [0.5, 0.6) is 0 Å². The first-order valence-electron chi connectivity index (χ1n) is 5.69. The first-order valence-corrected chi connectivity index (χ1v) is 5.69. The molecule has 0 spiro atoms. The Hall–Kier alpha value is -0.370. The van der Waals surface area contributed by atoms with Crippen molar-refractivity contribution in [1.82, 2.24) is 5.32 Å². The van der Waals surface area contributed by atoms with Crippen molar-refractivity contribution >= 4 is 5.78 Å². The number of carbonyl (C=O) groups is 1. The monoisotopic (exact) mass is 199 g/mol. The molecule has 0 fully saturated rings. The molecule has 0 saturated heterocycles. The van der Waals surface area contributed by atoms with Gasteiger partial charge in [-0.2, -0.15) is 0 Å². The van der Waals surface area contributed by atoms with Crippen LogP contribution in [-0.4, -0.2) is 18.4 Å². The zero-order valence-electron chi connectivity index (χ0n) is 10.3. The van der Waals surface area contributed by atoms with E-state index in [1.807, 2.05) is 0 Å². The van der Waals surface area contributed by atoms with Gasteiger partial charge in [-0.05, 0) is 38.1 Å². The van der Waals surface area contributed by atoms with Gasteiger partial charge in [-0.15, -0.1) is 0 Å². The van der Waals surface area contributed by atoms with Gasteiger partial charge in [0.25, 0.3) is 0 Å². The maximum atomic E-state index is 11.3. The number of Topliss-reactive ketones (excluding diaryl/α,β-unsaturated/α-hetero) is 1. The quantitative estimate of drug-likeness (QED) is 0.639. The van der Waals surface area contributed by atoms with Crippen LogP contribution in [0.3, 0.4) is 0 Å². The molecule has 14 heavy (non-hydrogen) atoms. The summed E-state index contributed by atoms with van der Waals surface area (Å²) in [6.45, 7) is 11.2. The standard InChI is InChI=1S/C12H25NO/c1-9(2)7-6-8-13-12(10(3)4)11(5)14/h9-10,12-13H,6-8H2,1-5H3. The van der Waals surface area contributed by atoms with Crippen LogP contribution in [0.1, 0.15) is 47.5 Å². The van der Waals surface area contributed by atoms with Crippen LogP contribution in [0.2, 0.25) is 0 Å². The molecule has 0 aliphatic heterocycles. The zero-order chi connectivity index (χ0) is 11.1. The van der Waals surface area contributed by atoms with Gasteiger partial charge in [-0.1, -0.05) is 27.7 Å². The fourth-order valence-electron chi connectivity index (χ4n) is 1.62. The first-order chi connectivity index (χ1) is 6.45. The van der Waals surface area contributed by atoms with E-state index in [1.54, 1.807) is 6.92 Å². The molecule has 84 valence electrons. The van der Waals surface area contributed by atoms with Gasteiger partial charge in [0.15, 0.2) is 0 Å². The van der Waals surface area contributed by atoms with E-state index >= 15 is 0 Å². The van der Waals surface area contributed by atoms with Crippen molar-refractivity contribution in [2.45, 2.75) is 53.5 Å². The van der Waals surface area contributed by atoms with Crippen LogP contribution >= 0.6 is 0 Å². The predicted molar refractivity (Wildman–Crippen MR) is 61.4 cm³/mol. The molecule has 1 N–H and O–H groups in total. The molecule has 0 aliphatic rings. The number of carbonyl (C=O) groups excluding carboxylic acids is 1. The summed E-state index contributed by atoms with van der Waals surface area (Å²) in [5.41, 5.74) is 0. The Bertz CT molecular complexity index is 164. The molecule has 0 radical (unpaired) electrons. The minimum absolute atomic E-state index is 0.0437. The van der Waals surface area contributed by atoms with Gasteiger partial charge in [-0.3, -0.25) is 4.79 Å². The van der Waals surface area contributed by atoms with Crippen molar-refractivity contribution in [2.24, 2.45) is 11.8 Å². The molecule has 0 rings (SSSR count). The van der Waals surface area contributed by atoms with Crippen molar-refractivity contribution < 1.29 is 4.79 Å². The van der Waals surface area contributed by atoms with Gasteiger partial charge in [0.1, 0.15) is 5.78 Å². The summed E-state index contributed by atoms with van der Waals surface area (Å²) in [5.74, 6) is 1.41. The average Bonchev–Trinajstić information content (AvgIpc) is 2.01. The number of nitrogens with one attached hydrogen (secondary N) is 1. The lowest BCUT2D eigenvalue weighted by molar-refractivity contribution is -0.119. The maximum Gasteiger partial charge on any atom is 0.146 e. The van der Waals surface area contributed by atoms with Crippen LogP contribution in [0.15, 0.2) is 0 Å². The maximum absolute atomic E-state index is 11.3. The van der Waals surface area contributed by atoms with Gasteiger partial charge in [0.05, 0.1) is 6.04 Å². The van der Waals surface area contributed by atoms with Crippen molar-refractivity contribution in [3.8, 4) is 0 Å². The SMILES string of the molecule is CC(=O)C(NCCCC(C)C)C(C)C. The van der Waals surface area contributed by atoms with Gasteiger partial charge >= 0.3 is 0 Å². The van der Waals surface area contributed by atoms with E-state index in [2.05, 4.69) is 33.0 Å². The minimum atomic E-state index is 0.0437. The normalized spacial score (nSPS) is 13.6. The molecule has 0 aliphatic carbocycles. The van der Waals surface area contributed by atoms with Crippen LogP contribution in [0.25, 0.3) is 0 Å². The van der Waals surface area contributed by atoms with Gasteiger partial charge in [0, 0.05) is 0 Å². The summed E-state index contributed by atoms with van der Waals surface area (Å²) in [7, 11) is 0. The fraction of sp³-hybridized carbons (Fsp3) is 0.917. The molecule has 0 amide bonds. The molecule has 0 saturated carbocycles. The lowest BCUT2D eigenvalue weighted by atomic mass is 10.0. The molecule has 0 aromatic rings. The summed E-state index contributed by atoms with van der Waals surface area (Å²) in [5, 5.41) is 3.32. The van der Waals surface area contributed by atoms with Crippen molar-refractivity contribution in [3.05, 3.63) is 0 Å². The highest BCUT2D eigenvalue weighted by molar-refractivity contribution is 5.81. The summed E-state index contributed by atoms with van der Waals surface area (Å²) < 4.78 is 0. The first kappa shape index (κ1) is 13.6. The summed E-state index contributed by atoms with van der Waals surface area (Å²) in [4.78, 5) is 11.3. The second-order valence-corrected chi connectivity index (χ2v) is 4.82. The van der Waals surface area contributed by atoms with Crippen LogP contribution in [0, 0.1) is 11.8 Å². The number of rotatable bonds is 7. The second-order valence-electron chi connectivity index (χ2n) is 4.82. The third kappa shape index (κ3) is 6.14. The van der Waals surface area contributed by atoms with Crippen LogP contribution in [-0.2, 0) is 4.79 Å². The Morgan fingerprint density at radius 1 is 1.21 bits per heavy atom.